The zero-order chi connectivity index (χ0) is 16.8. The number of fused-ring (bicyclic) bond motifs is 1. The zero-order valence-corrected chi connectivity index (χ0v) is 13.2. The van der Waals surface area contributed by atoms with E-state index >= 15 is 0 Å². The number of hydrogen-bond acceptors (Lipinski definition) is 6. The summed E-state index contributed by atoms with van der Waals surface area (Å²) in [5.74, 6) is -0.157. The minimum absolute atomic E-state index is 0.0990. The van der Waals surface area contributed by atoms with Crippen molar-refractivity contribution in [2.45, 2.75) is 12.0 Å². The normalized spacial score (nSPS) is 11.9. The number of aryl methyl sites for hydroxylation is 1. The number of rotatable bonds is 3. The van der Waals surface area contributed by atoms with Crippen LogP contribution in [0.5, 0.6) is 0 Å². The Labute approximate surface area is 132 Å². The van der Waals surface area contributed by atoms with Gasteiger partial charge in [-0.25, -0.2) is 18.1 Å². The Morgan fingerprint density at radius 1 is 1.30 bits per heavy atom. The van der Waals surface area contributed by atoms with Gasteiger partial charge in [0.2, 0.25) is 5.09 Å². The molecule has 23 heavy (non-hydrogen) atoms. The Morgan fingerprint density at radius 2 is 2.04 bits per heavy atom. The molecule has 0 amide bonds. The standard InChI is InChI=1S/C14H14N4O4S/c1-8-17-10-7-9(15)3-4-11(10)18(8)14(19)12-5-6-13(22-12)23(20,21)16-2/h3-7,16H,15H2,1-2H3. The molecule has 0 bridgehead atoms. The summed E-state index contributed by atoms with van der Waals surface area (Å²) in [6.07, 6.45) is 0. The minimum Gasteiger partial charge on any atom is -0.438 e. The molecular weight excluding hydrogens is 320 g/mol. The van der Waals surface area contributed by atoms with Crippen molar-refractivity contribution in [1.29, 1.82) is 0 Å². The molecule has 2 aromatic heterocycles. The third-order valence-electron chi connectivity index (χ3n) is 3.38. The summed E-state index contributed by atoms with van der Waals surface area (Å²) in [5.41, 5.74) is 7.39. The molecule has 120 valence electrons. The molecule has 8 nitrogen and oxygen atoms in total. The predicted molar refractivity (Wildman–Crippen MR) is 83.6 cm³/mol. The summed E-state index contributed by atoms with van der Waals surface area (Å²) < 4.78 is 32.0. The fraction of sp³-hybridized carbons (Fsp3) is 0.143. The second kappa shape index (κ2) is 5.21. The molecule has 0 radical (unpaired) electrons. The monoisotopic (exact) mass is 334 g/mol. The van der Waals surface area contributed by atoms with Crippen LogP contribution in [0.3, 0.4) is 0 Å². The number of sulfonamides is 1. The molecule has 0 saturated heterocycles. The largest absolute Gasteiger partial charge is 0.438 e. The molecule has 0 aliphatic heterocycles. The topological polar surface area (TPSA) is 120 Å². The summed E-state index contributed by atoms with van der Waals surface area (Å²) in [5, 5.41) is -0.324. The number of imidazole rings is 1. The molecule has 3 rings (SSSR count). The molecule has 9 heteroatoms. The van der Waals surface area contributed by atoms with Gasteiger partial charge in [-0.2, -0.15) is 0 Å². The molecule has 0 unspecified atom stereocenters. The molecule has 0 aliphatic rings. The first-order valence-electron chi connectivity index (χ1n) is 6.66. The summed E-state index contributed by atoms with van der Waals surface area (Å²) in [7, 11) is -2.49. The van der Waals surface area contributed by atoms with Crippen LogP contribution in [0.25, 0.3) is 11.0 Å². The smallest absolute Gasteiger partial charge is 0.299 e. The van der Waals surface area contributed by atoms with E-state index in [4.69, 9.17) is 10.2 Å². The maximum Gasteiger partial charge on any atom is 0.299 e. The Morgan fingerprint density at radius 3 is 2.74 bits per heavy atom. The lowest BCUT2D eigenvalue weighted by atomic mass is 10.3. The number of carbonyl (C=O) groups excluding carboxylic acids is 1. The van der Waals surface area contributed by atoms with Gasteiger partial charge < -0.3 is 10.2 Å². The van der Waals surface area contributed by atoms with Crippen LogP contribution in [0.2, 0.25) is 0 Å². The maximum absolute atomic E-state index is 12.6. The molecule has 0 aliphatic carbocycles. The van der Waals surface area contributed by atoms with Crippen molar-refractivity contribution >= 4 is 32.7 Å². The van der Waals surface area contributed by atoms with Crippen molar-refractivity contribution in [2.75, 3.05) is 12.8 Å². The number of nitrogens with zero attached hydrogens (tertiary/aromatic N) is 2. The van der Waals surface area contributed by atoms with Gasteiger partial charge in [0.15, 0.2) is 5.76 Å². The van der Waals surface area contributed by atoms with E-state index in [-0.39, 0.29) is 10.9 Å². The van der Waals surface area contributed by atoms with Crippen molar-refractivity contribution in [3.63, 3.8) is 0 Å². The third-order valence-corrected chi connectivity index (χ3v) is 4.66. The van der Waals surface area contributed by atoms with Crippen molar-refractivity contribution in [3.8, 4) is 0 Å². The van der Waals surface area contributed by atoms with E-state index in [1.54, 1.807) is 25.1 Å². The zero-order valence-electron chi connectivity index (χ0n) is 12.4. The van der Waals surface area contributed by atoms with Gasteiger partial charge in [-0.15, -0.1) is 0 Å². The number of furan rings is 1. The number of nitrogens with two attached hydrogens (primary N) is 1. The van der Waals surface area contributed by atoms with Gasteiger partial charge in [0.05, 0.1) is 11.0 Å². The molecule has 3 N–H and O–H groups in total. The lowest BCUT2D eigenvalue weighted by Crippen LogP contribution is -2.18. The van der Waals surface area contributed by atoms with E-state index in [1.165, 1.54) is 23.7 Å². The summed E-state index contributed by atoms with van der Waals surface area (Å²) in [6, 6.07) is 7.54. The summed E-state index contributed by atoms with van der Waals surface area (Å²) in [4.78, 5) is 16.9. The molecule has 2 heterocycles. The molecule has 0 spiro atoms. The highest BCUT2D eigenvalue weighted by Crippen LogP contribution is 2.21. The first-order chi connectivity index (χ1) is 10.8. The summed E-state index contributed by atoms with van der Waals surface area (Å²) in [6.45, 7) is 1.67. The van der Waals surface area contributed by atoms with Crippen molar-refractivity contribution < 1.29 is 17.6 Å². The Hall–Kier alpha value is -2.65. The van der Waals surface area contributed by atoms with Gasteiger partial charge >= 0.3 is 0 Å². The molecule has 0 saturated carbocycles. The van der Waals surface area contributed by atoms with E-state index in [0.29, 0.717) is 22.5 Å². The number of nitrogen functional groups attached to an aromatic ring is 1. The molecule has 1 aromatic carbocycles. The van der Waals surface area contributed by atoms with Gasteiger partial charge in [0.25, 0.3) is 15.9 Å². The lowest BCUT2D eigenvalue weighted by molar-refractivity contribution is 0.0929. The second-order valence-corrected chi connectivity index (χ2v) is 6.69. The van der Waals surface area contributed by atoms with Gasteiger partial charge in [-0.3, -0.25) is 9.36 Å². The van der Waals surface area contributed by atoms with Crippen LogP contribution in [0, 0.1) is 6.92 Å². The highest BCUT2D eigenvalue weighted by molar-refractivity contribution is 7.89. The Balaban J connectivity index is 2.10. The van der Waals surface area contributed by atoms with E-state index < -0.39 is 15.9 Å². The fourth-order valence-corrected chi connectivity index (χ4v) is 2.91. The van der Waals surface area contributed by atoms with Crippen LogP contribution in [0.4, 0.5) is 5.69 Å². The average molecular weight is 334 g/mol. The Bertz CT molecular complexity index is 1020. The number of hydrogen-bond donors (Lipinski definition) is 2. The van der Waals surface area contributed by atoms with E-state index in [1.807, 2.05) is 0 Å². The second-order valence-electron chi connectivity index (χ2n) is 4.87. The van der Waals surface area contributed by atoms with Gasteiger partial charge in [-0.1, -0.05) is 0 Å². The van der Waals surface area contributed by atoms with Gasteiger partial charge in [0, 0.05) is 5.69 Å². The SMILES string of the molecule is CNS(=O)(=O)c1ccc(C(=O)n2c(C)nc3cc(N)ccc32)o1. The molecule has 3 aromatic rings. The minimum atomic E-state index is -3.75. The highest BCUT2D eigenvalue weighted by Gasteiger charge is 2.23. The number of anilines is 1. The lowest BCUT2D eigenvalue weighted by Gasteiger charge is -2.03. The van der Waals surface area contributed by atoms with E-state index in [0.717, 1.165) is 0 Å². The number of nitrogens with one attached hydrogen (secondary N) is 1. The van der Waals surface area contributed by atoms with Crippen LogP contribution in [-0.4, -0.2) is 30.9 Å². The third kappa shape index (κ3) is 2.49. The van der Waals surface area contributed by atoms with Crippen molar-refractivity contribution in [2.24, 2.45) is 0 Å². The first kappa shape index (κ1) is 15.3. The van der Waals surface area contributed by atoms with Crippen LogP contribution in [0.15, 0.2) is 39.8 Å². The Kier molecular flexibility index (Phi) is 3.46. The van der Waals surface area contributed by atoms with E-state index in [9.17, 15) is 13.2 Å². The van der Waals surface area contributed by atoms with E-state index in [2.05, 4.69) is 9.71 Å². The fourth-order valence-electron chi connectivity index (χ4n) is 2.26. The predicted octanol–water partition coefficient (Wildman–Crippen LogP) is 1.12. The van der Waals surface area contributed by atoms with Crippen molar-refractivity contribution in [1.82, 2.24) is 14.3 Å². The number of benzene rings is 1. The number of aromatic nitrogens is 2. The first-order valence-corrected chi connectivity index (χ1v) is 8.14. The van der Waals surface area contributed by atoms with Crippen LogP contribution in [0.1, 0.15) is 16.4 Å². The molecular formula is C14H14N4O4S. The average Bonchev–Trinajstić information content (AvgIpc) is 3.10. The maximum atomic E-state index is 12.6. The quantitative estimate of drug-likeness (QED) is 0.692. The van der Waals surface area contributed by atoms with Crippen molar-refractivity contribution in [3.05, 3.63) is 41.9 Å². The van der Waals surface area contributed by atoms with Gasteiger partial charge in [0.1, 0.15) is 5.82 Å². The molecule has 0 atom stereocenters. The number of carbonyl (C=O) groups is 1. The van der Waals surface area contributed by atoms with Gasteiger partial charge in [-0.05, 0) is 44.3 Å². The molecule has 0 fully saturated rings. The van der Waals surface area contributed by atoms with Crippen LogP contribution in [-0.2, 0) is 10.0 Å². The highest BCUT2D eigenvalue weighted by atomic mass is 32.2. The van der Waals surface area contributed by atoms with Crippen LogP contribution < -0.4 is 10.5 Å². The summed E-state index contributed by atoms with van der Waals surface area (Å²) >= 11 is 0. The van der Waals surface area contributed by atoms with Crippen LogP contribution >= 0.6 is 0 Å².